The zero-order chi connectivity index (χ0) is 15.1. The van der Waals surface area contributed by atoms with Crippen LogP contribution in [0.15, 0.2) is 24.3 Å². The van der Waals surface area contributed by atoms with Crippen LogP contribution in [0.25, 0.3) is 6.08 Å². The molecule has 2 N–H and O–H groups in total. The molecular weight excluding hydrogens is 260 g/mol. The molecule has 6 heteroatoms. The molecule has 0 aliphatic carbocycles. The van der Waals surface area contributed by atoms with Gasteiger partial charge in [-0.2, -0.15) is 0 Å². The summed E-state index contributed by atoms with van der Waals surface area (Å²) in [7, 11) is 3.18. The molecule has 0 aromatic heterocycles. The Morgan fingerprint density at radius 3 is 2.70 bits per heavy atom. The summed E-state index contributed by atoms with van der Waals surface area (Å²) in [6.07, 6.45) is 2.48. The SMILES string of the molecule is CCN(C)C(=O)Nc1cc(C=CC(=O)O)ccc1OC. The molecule has 1 aromatic carbocycles. The van der Waals surface area contributed by atoms with E-state index in [0.29, 0.717) is 23.5 Å². The fourth-order valence-corrected chi connectivity index (χ4v) is 1.45. The second kappa shape index (κ2) is 7.18. The summed E-state index contributed by atoms with van der Waals surface area (Å²) in [5.41, 5.74) is 1.15. The van der Waals surface area contributed by atoms with Gasteiger partial charge in [-0.05, 0) is 30.7 Å². The number of carbonyl (C=O) groups is 2. The van der Waals surface area contributed by atoms with Crippen LogP contribution in [0.4, 0.5) is 10.5 Å². The van der Waals surface area contributed by atoms with Crippen LogP contribution in [0.5, 0.6) is 5.75 Å². The van der Waals surface area contributed by atoms with Gasteiger partial charge in [-0.3, -0.25) is 0 Å². The van der Waals surface area contributed by atoms with Gasteiger partial charge < -0.3 is 20.1 Å². The normalized spacial score (nSPS) is 10.3. The Balaban J connectivity index is 3.00. The third-order valence-electron chi connectivity index (χ3n) is 2.70. The Bertz CT molecular complexity index is 526. The number of carboxylic acid groups (broad SMARTS) is 1. The number of benzene rings is 1. The number of nitrogens with zero attached hydrogens (tertiary/aromatic N) is 1. The molecule has 0 bridgehead atoms. The second-order valence-corrected chi connectivity index (χ2v) is 4.08. The number of rotatable bonds is 5. The van der Waals surface area contributed by atoms with Gasteiger partial charge in [0.25, 0.3) is 0 Å². The van der Waals surface area contributed by atoms with Crippen molar-refractivity contribution in [1.82, 2.24) is 4.90 Å². The van der Waals surface area contributed by atoms with Gasteiger partial charge >= 0.3 is 12.0 Å². The Morgan fingerprint density at radius 1 is 1.45 bits per heavy atom. The molecule has 6 nitrogen and oxygen atoms in total. The van der Waals surface area contributed by atoms with Crippen LogP contribution in [0, 0.1) is 0 Å². The lowest BCUT2D eigenvalue weighted by Gasteiger charge is -2.17. The molecule has 108 valence electrons. The maximum atomic E-state index is 11.8. The summed E-state index contributed by atoms with van der Waals surface area (Å²) in [6, 6.07) is 4.77. The zero-order valence-corrected chi connectivity index (χ0v) is 11.7. The molecule has 20 heavy (non-hydrogen) atoms. The number of carboxylic acids is 1. The van der Waals surface area contributed by atoms with Gasteiger partial charge in [0.05, 0.1) is 12.8 Å². The fourth-order valence-electron chi connectivity index (χ4n) is 1.45. The molecular formula is C14H18N2O4. The van der Waals surface area contributed by atoms with Crippen LogP contribution in [-0.2, 0) is 4.79 Å². The first-order valence-corrected chi connectivity index (χ1v) is 6.09. The van der Waals surface area contributed by atoms with Gasteiger partial charge in [-0.25, -0.2) is 9.59 Å². The van der Waals surface area contributed by atoms with Crippen LogP contribution >= 0.6 is 0 Å². The summed E-state index contributed by atoms with van der Waals surface area (Å²) in [5, 5.41) is 11.3. The number of aliphatic carboxylic acids is 1. The van der Waals surface area contributed by atoms with Crippen molar-refractivity contribution >= 4 is 23.8 Å². The van der Waals surface area contributed by atoms with Gasteiger partial charge in [0.1, 0.15) is 5.75 Å². The summed E-state index contributed by atoms with van der Waals surface area (Å²) in [6.45, 7) is 2.44. The Labute approximate surface area is 117 Å². The standard InChI is InChI=1S/C14H18N2O4/c1-4-16(2)14(19)15-11-9-10(6-8-13(17)18)5-7-12(11)20-3/h5-9H,4H2,1-3H3,(H,15,19)(H,17,18). The predicted molar refractivity (Wildman–Crippen MR) is 77.0 cm³/mol. The van der Waals surface area contributed by atoms with Crippen LogP contribution in [0.3, 0.4) is 0 Å². The minimum Gasteiger partial charge on any atom is -0.495 e. The molecule has 0 spiro atoms. The molecule has 0 aliphatic rings. The molecule has 1 rings (SSSR count). The van der Waals surface area contributed by atoms with E-state index in [2.05, 4.69) is 5.32 Å². The smallest absolute Gasteiger partial charge is 0.328 e. The lowest BCUT2D eigenvalue weighted by atomic mass is 10.1. The topological polar surface area (TPSA) is 78.9 Å². The highest BCUT2D eigenvalue weighted by Gasteiger charge is 2.10. The van der Waals surface area contributed by atoms with E-state index in [1.165, 1.54) is 18.1 Å². The van der Waals surface area contributed by atoms with Gasteiger partial charge in [-0.1, -0.05) is 6.07 Å². The molecule has 2 amide bonds. The minimum atomic E-state index is -1.03. The van der Waals surface area contributed by atoms with Crippen molar-refractivity contribution in [2.24, 2.45) is 0 Å². The van der Waals surface area contributed by atoms with E-state index in [9.17, 15) is 9.59 Å². The first-order chi connectivity index (χ1) is 9.47. The maximum absolute atomic E-state index is 11.8. The highest BCUT2D eigenvalue weighted by atomic mass is 16.5. The van der Waals surface area contributed by atoms with Gasteiger partial charge in [0, 0.05) is 19.7 Å². The highest BCUT2D eigenvalue weighted by molar-refractivity contribution is 5.92. The van der Waals surface area contributed by atoms with E-state index >= 15 is 0 Å². The number of nitrogens with one attached hydrogen (secondary N) is 1. The summed E-state index contributed by atoms with van der Waals surface area (Å²) >= 11 is 0. The van der Waals surface area contributed by atoms with Crippen LogP contribution in [-0.4, -0.2) is 42.7 Å². The van der Waals surface area contributed by atoms with Gasteiger partial charge in [-0.15, -0.1) is 0 Å². The van der Waals surface area contributed by atoms with E-state index in [0.717, 1.165) is 6.08 Å². The number of hydrogen-bond donors (Lipinski definition) is 2. The molecule has 0 heterocycles. The predicted octanol–water partition coefficient (Wildman–Crippen LogP) is 2.28. The highest BCUT2D eigenvalue weighted by Crippen LogP contribution is 2.26. The van der Waals surface area contributed by atoms with Crippen molar-refractivity contribution in [3.63, 3.8) is 0 Å². The van der Waals surface area contributed by atoms with E-state index in [1.54, 1.807) is 25.2 Å². The summed E-state index contributed by atoms with van der Waals surface area (Å²) < 4.78 is 5.17. The number of amides is 2. The molecule has 0 aliphatic heterocycles. The van der Waals surface area contributed by atoms with Crippen molar-refractivity contribution in [1.29, 1.82) is 0 Å². The molecule has 0 unspecified atom stereocenters. The minimum absolute atomic E-state index is 0.259. The van der Waals surface area contributed by atoms with Crippen molar-refractivity contribution in [2.45, 2.75) is 6.92 Å². The van der Waals surface area contributed by atoms with Crippen LogP contribution < -0.4 is 10.1 Å². The van der Waals surface area contributed by atoms with E-state index < -0.39 is 5.97 Å². The van der Waals surface area contributed by atoms with Crippen molar-refractivity contribution in [2.75, 3.05) is 26.0 Å². The lowest BCUT2D eigenvalue weighted by Crippen LogP contribution is -2.31. The Hall–Kier alpha value is -2.50. The van der Waals surface area contributed by atoms with Crippen molar-refractivity contribution in [3.05, 3.63) is 29.8 Å². The first-order valence-electron chi connectivity index (χ1n) is 6.09. The van der Waals surface area contributed by atoms with Crippen molar-refractivity contribution in [3.8, 4) is 5.75 Å². The molecule has 0 radical (unpaired) electrons. The maximum Gasteiger partial charge on any atom is 0.328 e. The molecule has 0 saturated carbocycles. The van der Waals surface area contributed by atoms with Crippen LogP contribution in [0.2, 0.25) is 0 Å². The summed E-state index contributed by atoms with van der Waals surface area (Å²) in [4.78, 5) is 23.8. The van der Waals surface area contributed by atoms with E-state index in [-0.39, 0.29) is 6.03 Å². The van der Waals surface area contributed by atoms with E-state index in [4.69, 9.17) is 9.84 Å². The zero-order valence-electron chi connectivity index (χ0n) is 11.7. The van der Waals surface area contributed by atoms with Crippen LogP contribution in [0.1, 0.15) is 12.5 Å². The average Bonchev–Trinajstić information content (AvgIpc) is 2.44. The first kappa shape index (κ1) is 15.6. The van der Waals surface area contributed by atoms with Crippen molar-refractivity contribution < 1.29 is 19.4 Å². The Morgan fingerprint density at radius 2 is 2.15 bits per heavy atom. The molecule has 0 fully saturated rings. The number of carbonyl (C=O) groups excluding carboxylic acids is 1. The van der Waals surface area contributed by atoms with Gasteiger partial charge in [0.2, 0.25) is 0 Å². The monoisotopic (exact) mass is 278 g/mol. The second-order valence-electron chi connectivity index (χ2n) is 4.08. The third-order valence-corrected chi connectivity index (χ3v) is 2.70. The molecule has 1 aromatic rings. The third kappa shape index (κ3) is 4.31. The largest absolute Gasteiger partial charge is 0.495 e. The van der Waals surface area contributed by atoms with E-state index in [1.807, 2.05) is 6.92 Å². The quantitative estimate of drug-likeness (QED) is 0.810. The molecule has 0 atom stereocenters. The lowest BCUT2D eigenvalue weighted by molar-refractivity contribution is -0.131. The fraction of sp³-hybridized carbons (Fsp3) is 0.286. The average molecular weight is 278 g/mol. The number of hydrogen-bond acceptors (Lipinski definition) is 3. The molecule has 0 saturated heterocycles. The number of anilines is 1. The Kier molecular flexibility index (Phi) is 5.58. The number of ether oxygens (including phenoxy) is 1. The summed E-state index contributed by atoms with van der Waals surface area (Å²) in [5.74, 6) is -0.521. The number of methoxy groups -OCH3 is 1. The van der Waals surface area contributed by atoms with Gasteiger partial charge in [0.15, 0.2) is 0 Å². The number of urea groups is 1.